The topological polar surface area (TPSA) is 32.5 Å². The molecule has 0 unspecified atom stereocenters. The van der Waals surface area contributed by atoms with Crippen molar-refractivity contribution < 1.29 is 4.42 Å². The van der Waals surface area contributed by atoms with E-state index in [1.165, 1.54) is 82.7 Å². The average molecular weight is 1070 g/mol. The van der Waals surface area contributed by atoms with Crippen LogP contribution in [0.25, 0.3) is 65.7 Å². The minimum atomic E-state index is -0.764. The van der Waals surface area contributed by atoms with Crippen molar-refractivity contribution in [2.24, 2.45) is 0 Å². The van der Waals surface area contributed by atoms with Crippen LogP contribution in [0.3, 0.4) is 0 Å². The number of nitrogens with zero attached hydrogens (tertiary/aromatic N) is 3. The first-order valence-electron chi connectivity index (χ1n) is 29.3. The van der Waals surface area contributed by atoms with E-state index in [9.17, 15) is 0 Å². The summed E-state index contributed by atoms with van der Waals surface area (Å²) in [6.45, 7) is 27.3. The van der Waals surface area contributed by atoms with Gasteiger partial charge in [0.15, 0.2) is 0 Å². The number of anilines is 6. The van der Waals surface area contributed by atoms with Gasteiger partial charge in [-0.1, -0.05) is 223 Å². The number of hydrogen-bond acceptors (Lipinski definition) is 4. The molecule has 2 heterocycles. The van der Waals surface area contributed by atoms with E-state index in [1.54, 1.807) is 0 Å². The Morgan fingerprint density at radius 2 is 0.829 bits per heavy atom. The first kappa shape index (κ1) is 51.4. The zero-order valence-corrected chi connectivity index (χ0v) is 49.5. The van der Waals surface area contributed by atoms with E-state index >= 15 is 0 Å². The first-order valence-corrected chi connectivity index (χ1v) is 29.3. The van der Waals surface area contributed by atoms with Crippen LogP contribution in [0.4, 0.5) is 34.3 Å². The van der Waals surface area contributed by atoms with E-state index in [-0.39, 0.29) is 21.7 Å². The van der Waals surface area contributed by atoms with Gasteiger partial charge in [0.2, 0.25) is 0 Å². The molecule has 14 rings (SSSR count). The molecule has 1 spiro atoms. The Kier molecular flexibility index (Phi) is 11.4. The molecule has 4 nitrogen and oxygen atoms in total. The quantitative estimate of drug-likeness (QED) is 0.155. The van der Waals surface area contributed by atoms with Gasteiger partial charge in [-0.05, 0) is 171 Å². The summed E-state index contributed by atoms with van der Waals surface area (Å²) in [5.74, 6) is 0.842. The molecule has 0 saturated carbocycles. The number of para-hydroxylation sites is 1. The van der Waals surface area contributed by atoms with Crippen molar-refractivity contribution >= 4 is 77.7 Å². The summed E-state index contributed by atoms with van der Waals surface area (Å²) in [4.78, 5) is 10.2. The van der Waals surface area contributed by atoms with Crippen molar-refractivity contribution in [3.8, 4) is 22.3 Å². The molecule has 12 aromatic rings. The lowest BCUT2D eigenvalue weighted by Crippen LogP contribution is -2.26. The number of furan rings is 1. The molecule has 82 heavy (non-hydrogen) atoms. The van der Waals surface area contributed by atoms with Crippen molar-refractivity contribution in [3.05, 3.63) is 257 Å². The third-order valence-electron chi connectivity index (χ3n) is 17.9. The van der Waals surface area contributed by atoms with E-state index in [1.807, 2.05) is 0 Å². The highest BCUT2D eigenvalue weighted by Crippen LogP contribution is 2.68. The predicted octanol–water partition coefficient (Wildman–Crippen LogP) is 21.8. The summed E-state index contributed by atoms with van der Waals surface area (Å²) in [5, 5.41) is 6.93. The fraction of sp³-hybridized carbons (Fsp3) is 0.218. The second-order valence-electron chi connectivity index (χ2n) is 27.2. The maximum absolute atomic E-state index is 7.54. The highest BCUT2D eigenvalue weighted by Gasteiger charge is 2.54. The number of fused-ring (bicyclic) bond motifs is 19. The Bertz CT molecular complexity index is 4350. The fourth-order valence-corrected chi connectivity index (χ4v) is 13.6. The maximum Gasteiger partial charge on any atom is 0.145 e. The first-order chi connectivity index (χ1) is 39.2. The van der Waals surface area contributed by atoms with Gasteiger partial charge in [0.1, 0.15) is 17.0 Å². The van der Waals surface area contributed by atoms with Crippen molar-refractivity contribution in [2.75, 3.05) is 9.80 Å². The third kappa shape index (κ3) is 7.81. The lowest BCUT2D eigenvalue weighted by atomic mass is 9.69. The van der Waals surface area contributed by atoms with Crippen molar-refractivity contribution in [1.82, 2.24) is 4.98 Å². The number of benzene rings is 10. The Morgan fingerprint density at radius 3 is 1.35 bits per heavy atom. The highest BCUT2D eigenvalue weighted by molar-refractivity contribution is 6.26. The van der Waals surface area contributed by atoms with Gasteiger partial charge in [0.05, 0.1) is 16.5 Å². The Morgan fingerprint density at radius 1 is 0.366 bits per heavy atom. The normalized spacial score (nSPS) is 13.7. The lowest BCUT2D eigenvalue weighted by molar-refractivity contribution is 0.587. The molecule has 0 amide bonds. The van der Waals surface area contributed by atoms with Crippen LogP contribution >= 0.6 is 0 Å². The zero-order chi connectivity index (χ0) is 56.8. The number of aromatic nitrogens is 1. The lowest BCUT2D eigenvalue weighted by Gasteiger charge is -2.33. The van der Waals surface area contributed by atoms with Crippen LogP contribution in [0.15, 0.2) is 217 Å². The molecule has 2 aromatic heterocycles. The van der Waals surface area contributed by atoms with Crippen LogP contribution in [-0.4, -0.2) is 4.98 Å². The molecule has 404 valence electrons. The van der Waals surface area contributed by atoms with Crippen LogP contribution in [0.5, 0.6) is 0 Å². The second kappa shape index (κ2) is 18.1. The van der Waals surface area contributed by atoms with Crippen molar-refractivity contribution in [3.63, 3.8) is 0 Å². The van der Waals surface area contributed by atoms with Gasteiger partial charge in [-0.25, -0.2) is 4.98 Å². The Balaban J connectivity index is 1.11. The SMILES string of the molecule is CC(C)(C)c1ccc(N(c2ccc(C(C)(C)C)cc2)c2ccc3c4c(c5ccccc5c3c2)-c2c(cc(N(c3ccc(C(C)(C)C)cc3)c3ccc(C(C)(C)C)cn3)c3c2oc2ccccc23)C42c3ccccc3-c3ccccc32)cc1. The van der Waals surface area contributed by atoms with Crippen LogP contribution in [0.2, 0.25) is 0 Å². The monoisotopic (exact) mass is 1070 g/mol. The van der Waals surface area contributed by atoms with E-state index in [4.69, 9.17) is 9.40 Å². The van der Waals surface area contributed by atoms with Gasteiger partial charge >= 0.3 is 0 Å². The zero-order valence-electron chi connectivity index (χ0n) is 49.5. The summed E-state index contributed by atoms with van der Waals surface area (Å²) in [6, 6.07) is 77.9. The minimum absolute atomic E-state index is 0.0181. The molecule has 0 atom stereocenters. The summed E-state index contributed by atoms with van der Waals surface area (Å²) in [6.07, 6.45) is 2.07. The van der Waals surface area contributed by atoms with E-state index in [0.29, 0.717) is 0 Å². The predicted molar refractivity (Wildman–Crippen MR) is 347 cm³/mol. The summed E-state index contributed by atoms with van der Waals surface area (Å²) < 4.78 is 7.54. The van der Waals surface area contributed by atoms with Gasteiger partial charge in [0, 0.05) is 39.9 Å². The number of pyridine rings is 1. The van der Waals surface area contributed by atoms with E-state index in [0.717, 1.165) is 61.8 Å². The molecule has 0 bridgehead atoms. The number of hydrogen-bond donors (Lipinski definition) is 0. The van der Waals surface area contributed by atoms with Crippen molar-refractivity contribution in [2.45, 2.75) is 110 Å². The van der Waals surface area contributed by atoms with Crippen molar-refractivity contribution in [1.29, 1.82) is 0 Å². The van der Waals surface area contributed by atoms with E-state index < -0.39 is 5.41 Å². The van der Waals surface area contributed by atoms with Crippen LogP contribution in [0.1, 0.15) is 128 Å². The molecule has 0 radical (unpaired) electrons. The molecule has 4 heteroatoms. The molecule has 10 aromatic carbocycles. The van der Waals surface area contributed by atoms with Gasteiger partial charge in [0.25, 0.3) is 0 Å². The molecule has 0 fully saturated rings. The molecule has 0 N–H and O–H groups in total. The Hall–Kier alpha value is -8.73. The minimum Gasteiger partial charge on any atom is -0.455 e. The third-order valence-corrected chi connectivity index (χ3v) is 17.9. The van der Waals surface area contributed by atoms with Gasteiger partial charge in [-0.3, -0.25) is 4.90 Å². The number of rotatable bonds is 6. The van der Waals surface area contributed by atoms with Gasteiger partial charge < -0.3 is 9.32 Å². The van der Waals surface area contributed by atoms with Crippen LogP contribution in [0, 0.1) is 0 Å². The molecular formula is C78H71N3O. The average Bonchev–Trinajstić information content (AvgIpc) is 1.59. The molecule has 0 aliphatic heterocycles. The fourth-order valence-electron chi connectivity index (χ4n) is 13.6. The smallest absolute Gasteiger partial charge is 0.145 e. The second-order valence-corrected chi connectivity index (χ2v) is 27.2. The van der Waals surface area contributed by atoms with Crippen LogP contribution in [-0.2, 0) is 27.1 Å². The summed E-state index contributed by atoms with van der Waals surface area (Å²) >= 11 is 0. The van der Waals surface area contributed by atoms with Gasteiger partial charge in [-0.15, -0.1) is 0 Å². The Labute approximate surface area is 483 Å². The molecule has 2 aliphatic rings. The highest BCUT2D eigenvalue weighted by atomic mass is 16.3. The van der Waals surface area contributed by atoms with Crippen LogP contribution < -0.4 is 9.80 Å². The molecular weight excluding hydrogens is 995 g/mol. The summed E-state index contributed by atoms with van der Waals surface area (Å²) in [7, 11) is 0. The molecule has 0 saturated heterocycles. The largest absolute Gasteiger partial charge is 0.455 e. The summed E-state index contributed by atoms with van der Waals surface area (Å²) in [5.41, 5.74) is 21.2. The van der Waals surface area contributed by atoms with Gasteiger partial charge in [-0.2, -0.15) is 0 Å². The standard InChI is InChI=1S/C78H71N3O/c1-74(2,3)48-29-36-52(37-30-48)80(53-38-31-49(32-39-53)75(4,5)6)55-42-43-60-62(45-55)56-21-13-14-24-59(56)70-71-65(78(72(60)70)63-26-18-15-22-57(63)58-23-16-19-27-64(58)78)46-66(69-61-25-17-20-28-67(61)82-73(69)71)81(54-40-33-50(34-41-54)76(7,8)9)68-44-35-51(47-79-68)77(10,11)12/h13-47H,1-12H3. The molecule has 2 aliphatic carbocycles. The maximum atomic E-state index is 7.54. The van der Waals surface area contributed by atoms with E-state index in [2.05, 4.69) is 305 Å².